The van der Waals surface area contributed by atoms with Crippen molar-refractivity contribution < 1.29 is 9.84 Å². The van der Waals surface area contributed by atoms with Gasteiger partial charge in [0.15, 0.2) is 0 Å². The third-order valence-electron chi connectivity index (χ3n) is 3.89. The van der Waals surface area contributed by atoms with Crippen LogP contribution in [-0.2, 0) is 0 Å². The number of nitrogens with zero attached hydrogens (tertiary/aromatic N) is 3. The van der Waals surface area contributed by atoms with Gasteiger partial charge >= 0.3 is 0 Å². The highest BCUT2D eigenvalue weighted by molar-refractivity contribution is 5.46. The summed E-state index contributed by atoms with van der Waals surface area (Å²) in [6, 6.07) is 6.42. The van der Waals surface area contributed by atoms with Gasteiger partial charge in [-0.15, -0.1) is 0 Å². The minimum Gasteiger partial charge on any atom is -0.485 e. The van der Waals surface area contributed by atoms with Crippen molar-refractivity contribution in [3.05, 3.63) is 58.3 Å². The molecule has 0 saturated carbocycles. The van der Waals surface area contributed by atoms with Crippen molar-refractivity contribution >= 4 is 0 Å². The minimum atomic E-state index is -0.950. The summed E-state index contributed by atoms with van der Waals surface area (Å²) in [6.07, 6.45) is 3.27. The van der Waals surface area contributed by atoms with E-state index in [4.69, 9.17) is 10.00 Å². The molecule has 1 aromatic carbocycles. The monoisotopic (exact) mass is 297 g/mol. The van der Waals surface area contributed by atoms with Crippen molar-refractivity contribution in [2.24, 2.45) is 0 Å². The van der Waals surface area contributed by atoms with Crippen LogP contribution in [0.2, 0.25) is 0 Å². The minimum absolute atomic E-state index is 0.322. The number of ether oxygens (including phenoxy) is 1. The molecule has 0 aliphatic carbocycles. The molecule has 22 heavy (non-hydrogen) atoms. The zero-order chi connectivity index (χ0) is 15.9. The largest absolute Gasteiger partial charge is 0.485 e. The van der Waals surface area contributed by atoms with Crippen molar-refractivity contribution in [2.75, 3.05) is 0 Å². The van der Waals surface area contributed by atoms with Crippen LogP contribution < -0.4 is 10.3 Å². The average Bonchev–Trinajstić information content (AvgIpc) is 2.49. The zero-order valence-electron chi connectivity index (χ0n) is 12.2. The Morgan fingerprint density at radius 3 is 2.91 bits per heavy atom. The van der Waals surface area contributed by atoms with E-state index in [9.17, 15) is 9.90 Å². The standard InChI is InChI=1S/C16H15N3O3/c1-16(2)15(21)14(19-6-5-18-9-13(19)20)11-7-10(8-17)3-4-12(11)22-16/h3-7,9,14-15,21H,1-2H3/t14-,15+/m1/s1. The van der Waals surface area contributed by atoms with Crippen molar-refractivity contribution in [1.29, 1.82) is 5.26 Å². The van der Waals surface area contributed by atoms with E-state index in [1.165, 1.54) is 23.2 Å². The summed E-state index contributed by atoms with van der Waals surface area (Å²) >= 11 is 0. The molecule has 6 nitrogen and oxygen atoms in total. The maximum atomic E-state index is 12.1. The van der Waals surface area contributed by atoms with E-state index < -0.39 is 17.7 Å². The molecule has 2 atom stereocenters. The molecule has 0 fully saturated rings. The molecule has 0 bridgehead atoms. The van der Waals surface area contributed by atoms with Crippen LogP contribution in [0.15, 0.2) is 41.6 Å². The van der Waals surface area contributed by atoms with Crippen LogP contribution in [0, 0.1) is 11.3 Å². The molecule has 6 heteroatoms. The number of aliphatic hydroxyl groups is 1. The number of benzene rings is 1. The third-order valence-corrected chi connectivity index (χ3v) is 3.89. The van der Waals surface area contributed by atoms with Crippen LogP contribution in [0.5, 0.6) is 5.75 Å². The molecule has 0 saturated heterocycles. The first kappa shape index (κ1) is 14.3. The smallest absolute Gasteiger partial charge is 0.269 e. The second-order valence-electron chi connectivity index (χ2n) is 5.78. The van der Waals surface area contributed by atoms with Gasteiger partial charge < -0.3 is 14.4 Å². The summed E-state index contributed by atoms with van der Waals surface area (Å²) in [5.74, 6) is 0.558. The van der Waals surface area contributed by atoms with Gasteiger partial charge in [0.1, 0.15) is 17.5 Å². The lowest BCUT2D eigenvalue weighted by Crippen LogP contribution is -2.52. The topological polar surface area (TPSA) is 88.1 Å². The summed E-state index contributed by atoms with van der Waals surface area (Å²) in [5.41, 5.74) is -0.132. The first-order valence-corrected chi connectivity index (χ1v) is 6.87. The van der Waals surface area contributed by atoms with Gasteiger partial charge in [0.2, 0.25) is 0 Å². The molecule has 1 N–H and O–H groups in total. The normalized spacial score (nSPS) is 22.3. The summed E-state index contributed by atoms with van der Waals surface area (Å²) < 4.78 is 7.25. The van der Waals surface area contributed by atoms with E-state index in [0.29, 0.717) is 16.9 Å². The molecule has 0 radical (unpaired) electrons. The van der Waals surface area contributed by atoms with E-state index in [1.807, 2.05) is 0 Å². The quantitative estimate of drug-likeness (QED) is 0.855. The first-order valence-electron chi connectivity index (χ1n) is 6.87. The Hall–Kier alpha value is -2.65. The number of hydrogen-bond donors (Lipinski definition) is 1. The van der Waals surface area contributed by atoms with E-state index in [-0.39, 0.29) is 5.56 Å². The molecule has 0 spiro atoms. The lowest BCUT2D eigenvalue weighted by Gasteiger charge is -2.42. The SMILES string of the molecule is CC1(C)Oc2ccc(C#N)cc2[C@@H](n2ccncc2=O)[C@@H]1O. The molecule has 0 amide bonds. The van der Waals surface area contributed by atoms with Gasteiger partial charge in [-0.3, -0.25) is 9.78 Å². The predicted molar refractivity (Wildman–Crippen MR) is 78.5 cm³/mol. The number of aliphatic hydroxyl groups excluding tert-OH is 1. The summed E-state index contributed by atoms with van der Waals surface area (Å²) in [4.78, 5) is 15.9. The Kier molecular flexibility index (Phi) is 3.23. The van der Waals surface area contributed by atoms with Gasteiger partial charge in [0.25, 0.3) is 5.56 Å². The molecule has 112 valence electrons. The van der Waals surface area contributed by atoms with Crippen LogP contribution in [0.1, 0.15) is 31.0 Å². The maximum absolute atomic E-state index is 12.1. The van der Waals surface area contributed by atoms with Gasteiger partial charge in [-0.05, 0) is 32.0 Å². The molecule has 1 aromatic heterocycles. The molecule has 2 heterocycles. The molecular weight excluding hydrogens is 282 g/mol. The number of nitriles is 1. The van der Waals surface area contributed by atoms with Crippen molar-refractivity contribution in [1.82, 2.24) is 9.55 Å². The van der Waals surface area contributed by atoms with E-state index >= 15 is 0 Å². The highest BCUT2D eigenvalue weighted by Gasteiger charge is 2.44. The molecular formula is C16H15N3O3. The summed E-state index contributed by atoms with van der Waals surface area (Å²) in [5, 5.41) is 19.8. The number of fused-ring (bicyclic) bond motifs is 1. The fraction of sp³-hybridized carbons (Fsp3) is 0.312. The fourth-order valence-electron chi connectivity index (χ4n) is 2.73. The highest BCUT2D eigenvalue weighted by Crippen LogP contribution is 2.41. The van der Waals surface area contributed by atoms with Crippen LogP contribution >= 0.6 is 0 Å². The zero-order valence-corrected chi connectivity index (χ0v) is 12.2. The van der Waals surface area contributed by atoms with Gasteiger partial charge in [0.05, 0.1) is 23.9 Å². The van der Waals surface area contributed by atoms with E-state index in [0.717, 1.165) is 0 Å². The van der Waals surface area contributed by atoms with Gasteiger partial charge in [-0.2, -0.15) is 5.26 Å². The van der Waals surface area contributed by atoms with Gasteiger partial charge in [-0.25, -0.2) is 0 Å². The third kappa shape index (κ3) is 2.16. The van der Waals surface area contributed by atoms with Gasteiger partial charge in [-0.1, -0.05) is 0 Å². The molecule has 1 aliphatic rings. The van der Waals surface area contributed by atoms with E-state index in [2.05, 4.69) is 11.1 Å². The lowest BCUT2D eigenvalue weighted by molar-refractivity contribution is -0.0643. The molecule has 2 aromatic rings. The molecule has 0 unspecified atom stereocenters. The second kappa shape index (κ2) is 4.97. The molecule has 3 rings (SSSR count). The first-order chi connectivity index (χ1) is 10.4. The predicted octanol–water partition coefficient (Wildman–Crippen LogP) is 1.24. The van der Waals surface area contributed by atoms with Crippen LogP contribution in [-0.4, -0.2) is 26.4 Å². The summed E-state index contributed by atoms with van der Waals surface area (Å²) in [6.45, 7) is 3.52. The Labute approximate surface area is 127 Å². The van der Waals surface area contributed by atoms with Crippen LogP contribution in [0.4, 0.5) is 0 Å². The average molecular weight is 297 g/mol. The second-order valence-corrected chi connectivity index (χ2v) is 5.78. The number of aromatic nitrogens is 2. The summed E-state index contributed by atoms with van der Waals surface area (Å²) in [7, 11) is 0. The lowest BCUT2D eigenvalue weighted by atomic mass is 9.85. The van der Waals surface area contributed by atoms with Crippen LogP contribution in [0.25, 0.3) is 0 Å². The highest BCUT2D eigenvalue weighted by atomic mass is 16.5. The Morgan fingerprint density at radius 1 is 1.45 bits per heavy atom. The van der Waals surface area contributed by atoms with Crippen molar-refractivity contribution in [2.45, 2.75) is 31.6 Å². The Morgan fingerprint density at radius 2 is 2.23 bits per heavy atom. The van der Waals surface area contributed by atoms with Crippen molar-refractivity contribution in [3.63, 3.8) is 0 Å². The van der Waals surface area contributed by atoms with Gasteiger partial charge in [0, 0.05) is 18.0 Å². The Bertz CT molecular complexity index is 820. The molecule has 1 aliphatic heterocycles. The number of hydrogen-bond acceptors (Lipinski definition) is 5. The van der Waals surface area contributed by atoms with Crippen LogP contribution in [0.3, 0.4) is 0 Å². The maximum Gasteiger partial charge on any atom is 0.269 e. The Balaban J connectivity index is 2.26. The van der Waals surface area contributed by atoms with E-state index in [1.54, 1.807) is 32.0 Å². The van der Waals surface area contributed by atoms with Crippen molar-refractivity contribution in [3.8, 4) is 11.8 Å². The number of rotatable bonds is 1. The fourth-order valence-corrected chi connectivity index (χ4v) is 2.73.